The first kappa shape index (κ1) is 20.7. The lowest BCUT2D eigenvalue weighted by Crippen LogP contribution is -2.36. The van der Waals surface area contributed by atoms with E-state index in [-0.39, 0.29) is 11.3 Å². The van der Waals surface area contributed by atoms with Crippen molar-refractivity contribution in [2.24, 2.45) is 5.41 Å². The summed E-state index contributed by atoms with van der Waals surface area (Å²) in [5.74, 6) is 1.05. The van der Waals surface area contributed by atoms with Gasteiger partial charge in [0, 0.05) is 35.1 Å². The van der Waals surface area contributed by atoms with Crippen molar-refractivity contribution >= 4 is 16.8 Å². The maximum atomic E-state index is 11.9. The lowest BCUT2D eigenvalue weighted by Gasteiger charge is -2.24. The number of aromatic nitrogens is 1. The number of nitrogens with one attached hydrogen (secondary N) is 2. The fourth-order valence-electron chi connectivity index (χ4n) is 4.03. The molecule has 0 radical (unpaired) electrons. The zero-order valence-electron chi connectivity index (χ0n) is 17.8. The molecule has 28 heavy (non-hydrogen) atoms. The topological polar surface area (TPSA) is 57.4 Å². The van der Waals surface area contributed by atoms with Crippen LogP contribution in [-0.4, -0.2) is 48.6 Å². The zero-order valence-corrected chi connectivity index (χ0v) is 17.8. The molecule has 154 valence electrons. The van der Waals surface area contributed by atoms with Gasteiger partial charge in [0.25, 0.3) is 0 Å². The van der Waals surface area contributed by atoms with E-state index in [1.165, 1.54) is 35.9 Å². The minimum absolute atomic E-state index is 0.140. The second-order valence-electron chi connectivity index (χ2n) is 8.97. The van der Waals surface area contributed by atoms with Crippen LogP contribution >= 0.6 is 0 Å². The molecule has 1 aromatic heterocycles. The number of carbonyl (C=O) groups excluding carboxylic acids is 1. The highest BCUT2D eigenvalue weighted by Crippen LogP contribution is 2.28. The van der Waals surface area contributed by atoms with Crippen molar-refractivity contribution < 1.29 is 9.53 Å². The number of H-pyrrole nitrogens is 1. The molecule has 0 bridgehead atoms. The number of unbranched alkanes of at least 4 members (excludes halogenated alkanes) is 1. The van der Waals surface area contributed by atoms with E-state index < -0.39 is 0 Å². The van der Waals surface area contributed by atoms with Crippen LogP contribution in [0.15, 0.2) is 24.4 Å². The van der Waals surface area contributed by atoms with Gasteiger partial charge in [0.15, 0.2) is 0 Å². The summed E-state index contributed by atoms with van der Waals surface area (Å²) in [6.07, 6.45) is 7.93. The molecule has 5 nitrogen and oxygen atoms in total. The van der Waals surface area contributed by atoms with Crippen molar-refractivity contribution in [3.05, 3.63) is 30.0 Å². The Bertz CT molecular complexity index is 791. The largest absolute Gasteiger partial charge is 0.497 e. The number of benzene rings is 1. The molecule has 0 unspecified atom stereocenters. The molecule has 1 amide bonds. The van der Waals surface area contributed by atoms with Gasteiger partial charge in [-0.25, -0.2) is 0 Å². The third kappa shape index (κ3) is 5.07. The first-order valence-corrected chi connectivity index (χ1v) is 10.5. The molecular weight excluding hydrogens is 350 g/mol. The molecule has 0 aliphatic carbocycles. The molecular formula is C23H35N3O2. The van der Waals surface area contributed by atoms with Gasteiger partial charge in [-0.3, -0.25) is 4.79 Å². The number of methoxy groups -OCH3 is 1. The van der Waals surface area contributed by atoms with Crippen LogP contribution in [0.2, 0.25) is 0 Å². The van der Waals surface area contributed by atoms with Gasteiger partial charge in [-0.15, -0.1) is 0 Å². The molecule has 1 saturated heterocycles. The Balaban J connectivity index is 1.49. The molecule has 2 N–H and O–H groups in total. The Kier molecular flexibility index (Phi) is 6.65. The molecule has 1 atom stereocenters. The Morgan fingerprint density at radius 2 is 2.14 bits per heavy atom. The molecule has 1 fully saturated rings. The summed E-state index contributed by atoms with van der Waals surface area (Å²) < 4.78 is 5.40. The number of fused-ring (bicyclic) bond motifs is 1. The number of carbonyl (C=O) groups is 1. The van der Waals surface area contributed by atoms with E-state index in [4.69, 9.17) is 4.74 Å². The highest BCUT2D eigenvalue weighted by atomic mass is 16.5. The second kappa shape index (κ2) is 8.99. The predicted octanol–water partition coefficient (Wildman–Crippen LogP) is 4.13. The van der Waals surface area contributed by atoms with Crippen molar-refractivity contribution in [3.8, 4) is 5.75 Å². The number of hydrogen-bond donors (Lipinski definition) is 2. The number of aromatic amines is 1. The predicted molar refractivity (Wildman–Crippen MR) is 115 cm³/mol. The summed E-state index contributed by atoms with van der Waals surface area (Å²) in [7, 11) is 1.72. The average molecular weight is 386 g/mol. The van der Waals surface area contributed by atoms with Crippen LogP contribution in [-0.2, 0) is 11.2 Å². The van der Waals surface area contributed by atoms with Crippen molar-refractivity contribution in [1.29, 1.82) is 0 Å². The number of ether oxygens (including phenoxy) is 1. The standard InChI is InChI=1S/C23H35N3O2/c1-23(2,3)22(27)24-11-5-6-12-26-13-7-8-18(26)14-17-16-25-21-10-9-19(28-4)15-20(17)21/h9-10,15-16,18,25H,5-8,11-14H2,1-4H3,(H,24,27)/t18-/m1/s1. The monoisotopic (exact) mass is 385 g/mol. The molecule has 5 heteroatoms. The maximum absolute atomic E-state index is 11.9. The molecule has 0 saturated carbocycles. The quantitative estimate of drug-likeness (QED) is 0.672. The average Bonchev–Trinajstić information content (AvgIpc) is 3.27. The molecule has 1 aliphatic heterocycles. The van der Waals surface area contributed by atoms with Crippen LogP contribution in [0.3, 0.4) is 0 Å². The number of amides is 1. The van der Waals surface area contributed by atoms with Gasteiger partial charge in [-0.1, -0.05) is 20.8 Å². The van der Waals surface area contributed by atoms with E-state index in [0.29, 0.717) is 6.04 Å². The molecule has 1 aromatic carbocycles. The van der Waals surface area contributed by atoms with Crippen LogP contribution in [0, 0.1) is 5.41 Å². The van der Waals surface area contributed by atoms with Crippen molar-refractivity contribution in [2.75, 3.05) is 26.7 Å². The van der Waals surface area contributed by atoms with Crippen LogP contribution < -0.4 is 10.1 Å². The Morgan fingerprint density at radius 3 is 2.89 bits per heavy atom. The van der Waals surface area contributed by atoms with Crippen molar-refractivity contribution in [2.45, 2.75) is 58.9 Å². The minimum Gasteiger partial charge on any atom is -0.497 e. The fourth-order valence-corrected chi connectivity index (χ4v) is 4.03. The molecule has 2 heterocycles. The van der Waals surface area contributed by atoms with Gasteiger partial charge in [0.1, 0.15) is 5.75 Å². The summed E-state index contributed by atoms with van der Waals surface area (Å²) in [6.45, 7) is 8.94. The van der Waals surface area contributed by atoms with E-state index in [1.54, 1.807) is 7.11 Å². The summed E-state index contributed by atoms with van der Waals surface area (Å²) in [6, 6.07) is 6.84. The van der Waals surface area contributed by atoms with Gasteiger partial charge in [-0.2, -0.15) is 0 Å². The maximum Gasteiger partial charge on any atom is 0.225 e. The highest BCUT2D eigenvalue weighted by Gasteiger charge is 2.25. The molecule has 0 spiro atoms. The van der Waals surface area contributed by atoms with E-state index in [2.05, 4.69) is 33.5 Å². The van der Waals surface area contributed by atoms with Crippen LogP contribution in [0.25, 0.3) is 10.9 Å². The first-order valence-electron chi connectivity index (χ1n) is 10.5. The normalized spacial score (nSPS) is 17.9. The Labute approximate surface area is 168 Å². The van der Waals surface area contributed by atoms with Gasteiger partial charge < -0.3 is 19.9 Å². The highest BCUT2D eigenvalue weighted by molar-refractivity contribution is 5.84. The Morgan fingerprint density at radius 1 is 1.32 bits per heavy atom. The number of rotatable bonds is 8. The van der Waals surface area contributed by atoms with Gasteiger partial charge in [0.05, 0.1) is 7.11 Å². The smallest absolute Gasteiger partial charge is 0.225 e. The van der Waals surface area contributed by atoms with E-state index in [1.807, 2.05) is 26.8 Å². The Hall–Kier alpha value is -2.01. The summed E-state index contributed by atoms with van der Waals surface area (Å²) in [5.41, 5.74) is 2.25. The van der Waals surface area contributed by atoms with Gasteiger partial charge in [0.2, 0.25) is 5.91 Å². The molecule has 1 aliphatic rings. The number of likely N-dealkylation sites (tertiary alicyclic amines) is 1. The number of nitrogens with zero attached hydrogens (tertiary/aromatic N) is 1. The summed E-state index contributed by atoms with van der Waals surface area (Å²) in [4.78, 5) is 18.0. The molecule has 3 rings (SSSR count). The van der Waals surface area contributed by atoms with Crippen molar-refractivity contribution in [3.63, 3.8) is 0 Å². The molecule has 2 aromatic rings. The first-order chi connectivity index (χ1) is 13.4. The second-order valence-corrected chi connectivity index (χ2v) is 8.97. The van der Waals surface area contributed by atoms with Gasteiger partial charge >= 0.3 is 0 Å². The lowest BCUT2D eigenvalue weighted by atomic mass is 9.96. The van der Waals surface area contributed by atoms with E-state index in [9.17, 15) is 4.79 Å². The third-order valence-electron chi connectivity index (χ3n) is 5.77. The summed E-state index contributed by atoms with van der Waals surface area (Å²) >= 11 is 0. The van der Waals surface area contributed by atoms with Crippen LogP contribution in [0.1, 0.15) is 52.0 Å². The van der Waals surface area contributed by atoms with Crippen LogP contribution in [0.5, 0.6) is 5.75 Å². The third-order valence-corrected chi connectivity index (χ3v) is 5.77. The minimum atomic E-state index is -0.304. The van der Waals surface area contributed by atoms with Crippen LogP contribution in [0.4, 0.5) is 0 Å². The van der Waals surface area contributed by atoms with Gasteiger partial charge in [-0.05, 0) is 69.0 Å². The zero-order chi connectivity index (χ0) is 20.1. The number of hydrogen-bond acceptors (Lipinski definition) is 3. The van der Waals surface area contributed by atoms with E-state index >= 15 is 0 Å². The fraction of sp³-hybridized carbons (Fsp3) is 0.609. The van der Waals surface area contributed by atoms with E-state index in [0.717, 1.165) is 38.1 Å². The van der Waals surface area contributed by atoms with Crippen molar-refractivity contribution in [1.82, 2.24) is 15.2 Å². The SMILES string of the molecule is COc1ccc2[nH]cc(C[C@H]3CCCN3CCCCNC(=O)C(C)(C)C)c2c1. The summed E-state index contributed by atoms with van der Waals surface area (Å²) in [5, 5.41) is 4.33. The lowest BCUT2D eigenvalue weighted by molar-refractivity contribution is -0.128.